The van der Waals surface area contributed by atoms with Gasteiger partial charge in [0.25, 0.3) is 11.1 Å². The third-order valence-corrected chi connectivity index (χ3v) is 6.44. The first-order chi connectivity index (χ1) is 15.6. The fraction of sp³-hybridized carbons (Fsp3) is 0.435. The quantitative estimate of drug-likeness (QED) is 0.543. The number of benzene rings is 1. The van der Waals surface area contributed by atoms with Gasteiger partial charge >= 0.3 is 0 Å². The van der Waals surface area contributed by atoms with Crippen molar-refractivity contribution in [2.24, 2.45) is 0 Å². The van der Waals surface area contributed by atoms with Crippen LogP contribution < -0.4 is 21.8 Å². The van der Waals surface area contributed by atoms with E-state index in [1.54, 1.807) is 21.3 Å². The number of likely N-dealkylation sites (tertiary alicyclic amines) is 1. The van der Waals surface area contributed by atoms with Gasteiger partial charge in [0.1, 0.15) is 17.0 Å². The standard InChI is InChI=1S/C23H27FN6O2/c24-16-2-1-3-18(12-16)26-9-8-25-17-6-10-28(11-7-17)14-19-15-29-21(31)5-4-20-23(29)30(19)22(32)13-27-20/h1-5,12-13,17,19,25-26H,6-11,14-15H2/t19-/m1/s1. The van der Waals surface area contributed by atoms with Gasteiger partial charge in [0.15, 0.2) is 0 Å². The van der Waals surface area contributed by atoms with Crippen LogP contribution in [0.5, 0.6) is 0 Å². The van der Waals surface area contributed by atoms with Gasteiger partial charge < -0.3 is 15.5 Å². The summed E-state index contributed by atoms with van der Waals surface area (Å²) in [6, 6.07) is 10.1. The predicted molar refractivity (Wildman–Crippen MR) is 122 cm³/mol. The molecular weight excluding hydrogens is 411 g/mol. The minimum atomic E-state index is -0.236. The average Bonchev–Trinajstić information content (AvgIpc) is 3.18. The number of anilines is 1. The van der Waals surface area contributed by atoms with Crippen LogP contribution in [-0.2, 0) is 6.54 Å². The molecule has 2 aromatic heterocycles. The molecule has 2 aliphatic rings. The van der Waals surface area contributed by atoms with Crippen molar-refractivity contribution >= 4 is 16.9 Å². The van der Waals surface area contributed by atoms with E-state index in [1.165, 1.54) is 24.4 Å². The highest BCUT2D eigenvalue weighted by Crippen LogP contribution is 2.24. The molecule has 2 N–H and O–H groups in total. The second kappa shape index (κ2) is 8.84. The molecule has 0 saturated carbocycles. The molecule has 0 bridgehead atoms. The lowest BCUT2D eigenvalue weighted by Gasteiger charge is -2.34. The van der Waals surface area contributed by atoms with Crippen molar-refractivity contribution in [2.75, 3.05) is 38.0 Å². The second-order valence-corrected chi connectivity index (χ2v) is 8.58. The van der Waals surface area contributed by atoms with Gasteiger partial charge in [0, 0.05) is 44.0 Å². The van der Waals surface area contributed by atoms with Crippen LogP contribution in [0.25, 0.3) is 11.2 Å². The zero-order valence-corrected chi connectivity index (χ0v) is 17.8. The van der Waals surface area contributed by atoms with Crippen LogP contribution in [0.3, 0.4) is 0 Å². The predicted octanol–water partition coefficient (Wildman–Crippen LogP) is 1.42. The molecule has 4 heterocycles. The van der Waals surface area contributed by atoms with Crippen LogP contribution in [0.2, 0.25) is 0 Å². The topological polar surface area (TPSA) is 84.2 Å². The number of rotatable bonds is 7. The summed E-state index contributed by atoms with van der Waals surface area (Å²) in [4.78, 5) is 31.4. The van der Waals surface area contributed by atoms with Gasteiger partial charge in [-0.15, -0.1) is 0 Å². The first-order valence-corrected chi connectivity index (χ1v) is 11.1. The van der Waals surface area contributed by atoms with Crippen LogP contribution >= 0.6 is 0 Å². The highest BCUT2D eigenvalue weighted by Gasteiger charge is 2.29. The minimum absolute atomic E-state index is 0.0527. The lowest BCUT2D eigenvalue weighted by atomic mass is 10.0. The molecule has 2 aliphatic heterocycles. The van der Waals surface area contributed by atoms with Gasteiger partial charge in [-0.25, -0.2) is 9.37 Å². The van der Waals surface area contributed by atoms with Crippen molar-refractivity contribution in [2.45, 2.75) is 31.5 Å². The van der Waals surface area contributed by atoms with E-state index in [9.17, 15) is 14.0 Å². The summed E-state index contributed by atoms with van der Waals surface area (Å²) in [5.41, 5.74) is 1.87. The van der Waals surface area contributed by atoms with Crippen LogP contribution in [0.1, 0.15) is 18.9 Å². The van der Waals surface area contributed by atoms with Crippen LogP contribution in [0, 0.1) is 5.82 Å². The molecule has 1 saturated heterocycles. The van der Waals surface area contributed by atoms with Crippen LogP contribution in [0.4, 0.5) is 10.1 Å². The van der Waals surface area contributed by atoms with Gasteiger partial charge in [-0.2, -0.15) is 0 Å². The number of piperidine rings is 1. The summed E-state index contributed by atoms with van der Waals surface area (Å²) in [6.07, 6.45) is 3.41. The van der Waals surface area contributed by atoms with Crippen molar-refractivity contribution in [3.63, 3.8) is 0 Å². The summed E-state index contributed by atoms with van der Waals surface area (Å²) < 4.78 is 16.6. The number of pyridine rings is 1. The molecule has 5 rings (SSSR count). The summed E-state index contributed by atoms with van der Waals surface area (Å²) in [5, 5.41) is 6.81. The fourth-order valence-electron chi connectivity index (χ4n) is 4.86. The molecule has 3 aromatic rings. The monoisotopic (exact) mass is 438 g/mol. The first-order valence-electron chi connectivity index (χ1n) is 11.1. The van der Waals surface area contributed by atoms with Crippen molar-refractivity contribution in [3.8, 4) is 0 Å². The molecule has 1 atom stereocenters. The Kier molecular flexibility index (Phi) is 5.75. The first kappa shape index (κ1) is 20.8. The molecular formula is C23H27FN6O2. The highest BCUT2D eigenvalue weighted by atomic mass is 19.1. The summed E-state index contributed by atoms with van der Waals surface area (Å²) >= 11 is 0. The van der Waals surface area contributed by atoms with E-state index < -0.39 is 0 Å². The summed E-state index contributed by atoms with van der Waals surface area (Å²) in [6.45, 7) is 4.70. The van der Waals surface area contributed by atoms with Crippen LogP contribution in [-0.4, -0.2) is 57.8 Å². The van der Waals surface area contributed by atoms with Gasteiger partial charge in [0.2, 0.25) is 0 Å². The zero-order chi connectivity index (χ0) is 22.1. The Balaban J connectivity index is 1.12. The van der Waals surface area contributed by atoms with E-state index in [1.807, 2.05) is 6.07 Å². The lowest BCUT2D eigenvalue weighted by Crippen LogP contribution is -2.45. The van der Waals surface area contributed by atoms with E-state index in [0.29, 0.717) is 23.8 Å². The van der Waals surface area contributed by atoms with Crippen molar-refractivity contribution in [1.82, 2.24) is 24.3 Å². The highest BCUT2D eigenvalue weighted by molar-refractivity contribution is 5.71. The third kappa shape index (κ3) is 4.18. The van der Waals surface area contributed by atoms with Gasteiger partial charge in [-0.05, 0) is 50.2 Å². The molecule has 1 fully saturated rings. The maximum absolute atomic E-state index is 13.2. The second-order valence-electron chi connectivity index (χ2n) is 8.58. The number of nitrogens with zero attached hydrogens (tertiary/aromatic N) is 4. The van der Waals surface area contributed by atoms with Crippen molar-refractivity contribution < 1.29 is 4.39 Å². The number of aromatic nitrogens is 3. The number of hydrogen-bond donors (Lipinski definition) is 2. The van der Waals surface area contributed by atoms with E-state index >= 15 is 0 Å². The van der Waals surface area contributed by atoms with Gasteiger partial charge in [0.05, 0.1) is 12.2 Å². The fourth-order valence-corrected chi connectivity index (χ4v) is 4.86. The Morgan fingerprint density at radius 1 is 1.06 bits per heavy atom. The van der Waals surface area contributed by atoms with Crippen molar-refractivity contribution in [3.05, 3.63) is 69.1 Å². The molecule has 9 heteroatoms. The maximum atomic E-state index is 13.2. The van der Waals surface area contributed by atoms with E-state index in [2.05, 4.69) is 20.5 Å². The molecule has 0 radical (unpaired) electrons. The lowest BCUT2D eigenvalue weighted by molar-refractivity contribution is 0.172. The Labute approximate surface area is 184 Å². The normalized spacial score (nSPS) is 19.0. The molecule has 0 unspecified atom stereocenters. The van der Waals surface area contributed by atoms with E-state index in [-0.39, 0.29) is 23.0 Å². The Morgan fingerprint density at radius 2 is 1.91 bits per heavy atom. The third-order valence-electron chi connectivity index (χ3n) is 6.44. The molecule has 1 aromatic carbocycles. The van der Waals surface area contributed by atoms with Crippen LogP contribution in [0.15, 0.2) is 52.2 Å². The van der Waals surface area contributed by atoms with E-state index in [4.69, 9.17) is 0 Å². The Bertz CT molecular complexity index is 1230. The Morgan fingerprint density at radius 3 is 2.72 bits per heavy atom. The molecule has 0 spiro atoms. The SMILES string of the molecule is O=c1ccc2ncc(=O)n3c2n1C[C@H]3CN1CCC(NCCNc2cccc(F)c2)CC1. The zero-order valence-electron chi connectivity index (χ0n) is 17.8. The molecule has 168 valence electrons. The molecule has 8 nitrogen and oxygen atoms in total. The molecule has 0 amide bonds. The maximum Gasteiger partial charge on any atom is 0.270 e. The number of halogens is 1. The Hall–Kier alpha value is -3.04. The van der Waals surface area contributed by atoms with Crippen molar-refractivity contribution in [1.29, 1.82) is 0 Å². The molecule has 32 heavy (non-hydrogen) atoms. The summed E-state index contributed by atoms with van der Waals surface area (Å²) in [5.74, 6) is -0.236. The average molecular weight is 439 g/mol. The summed E-state index contributed by atoms with van der Waals surface area (Å²) in [7, 11) is 0. The molecule has 0 aliphatic carbocycles. The van der Waals surface area contributed by atoms with E-state index in [0.717, 1.165) is 51.3 Å². The van der Waals surface area contributed by atoms with Gasteiger partial charge in [-0.3, -0.25) is 18.7 Å². The largest absolute Gasteiger partial charge is 0.384 e. The van der Waals surface area contributed by atoms with Gasteiger partial charge in [-0.1, -0.05) is 6.07 Å². The number of hydrogen-bond acceptors (Lipinski definition) is 6. The smallest absolute Gasteiger partial charge is 0.270 e. The minimum Gasteiger partial charge on any atom is -0.384 e. The number of nitrogens with one attached hydrogen (secondary N) is 2.